The zero-order valence-electron chi connectivity index (χ0n) is 10.5. The number of morpholine rings is 1. The molecule has 6 heteroatoms. The molecule has 1 aliphatic rings. The van der Waals surface area contributed by atoms with Crippen molar-refractivity contribution in [2.45, 2.75) is 18.6 Å². The Bertz CT molecular complexity index is 353. The predicted molar refractivity (Wildman–Crippen MR) is 65.3 cm³/mol. The van der Waals surface area contributed by atoms with Gasteiger partial charge in [-0.15, -0.1) is 0 Å². The van der Waals surface area contributed by atoms with Crippen molar-refractivity contribution < 1.29 is 4.74 Å². The summed E-state index contributed by atoms with van der Waals surface area (Å²) < 4.78 is 7.57. The maximum atomic E-state index is 5.77. The summed E-state index contributed by atoms with van der Waals surface area (Å²) in [6.45, 7) is 2.67. The molecule has 1 fully saturated rings. The number of rotatable bonds is 4. The maximum Gasteiger partial charge on any atom is 0.0871 e. The molecular formula is C11H21N5O. The lowest BCUT2D eigenvalue weighted by Crippen LogP contribution is -2.54. The minimum Gasteiger partial charge on any atom is -0.374 e. The van der Waals surface area contributed by atoms with Gasteiger partial charge >= 0.3 is 0 Å². The summed E-state index contributed by atoms with van der Waals surface area (Å²) in [4.78, 5) is 2.27. The molecule has 0 aliphatic carbocycles. The van der Waals surface area contributed by atoms with E-state index >= 15 is 0 Å². The Labute approximate surface area is 102 Å². The van der Waals surface area contributed by atoms with Crippen LogP contribution in [0.2, 0.25) is 0 Å². The van der Waals surface area contributed by atoms with Crippen molar-refractivity contribution in [1.82, 2.24) is 20.1 Å². The van der Waals surface area contributed by atoms with Gasteiger partial charge in [0, 0.05) is 26.3 Å². The van der Waals surface area contributed by atoms with Gasteiger partial charge < -0.3 is 9.64 Å². The van der Waals surface area contributed by atoms with Crippen LogP contribution in [0.1, 0.15) is 5.56 Å². The minimum absolute atomic E-state index is 0.127. The second kappa shape index (κ2) is 5.59. The number of aromatic nitrogens is 2. The van der Waals surface area contributed by atoms with E-state index in [1.807, 2.05) is 19.4 Å². The number of nitrogens with two attached hydrogens (primary N) is 1. The van der Waals surface area contributed by atoms with Crippen LogP contribution in [0.5, 0.6) is 0 Å². The highest BCUT2D eigenvalue weighted by Crippen LogP contribution is 2.11. The molecule has 0 saturated carbocycles. The molecule has 3 N–H and O–H groups in total. The predicted octanol–water partition coefficient (Wildman–Crippen LogP) is -0.875. The second-order valence-electron chi connectivity index (χ2n) is 4.67. The van der Waals surface area contributed by atoms with Crippen LogP contribution in [0.3, 0.4) is 0 Å². The average molecular weight is 239 g/mol. The van der Waals surface area contributed by atoms with E-state index in [1.54, 1.807) is 4.68 Å². The van der Waals surface area contributed by atoms with E-state index in [2.05, 4.69) is 22.5 Å². The summed E-state index contributed by atoms with van der Waals surface area (Å²) in [6, 6.07) is 0.127. The van der Waals surface area contributed by atoms with E-state index in [-0.39, 0.29) is 12.1 Å². The molecule has 2 unspecified atom stereocenters. The third kappa shape index (κ3) is 3.26. The maximum absolute atomic E-state index is 5.77. The number of aryl methyl sites for hydroxylation is 1. The lowest BCUT2D eigenvalue weighted by Gasteiger charge is -2.34. The molecule has 17 heavy (non-hydrogen) atoms. The Hall–Kier alpha value is -0.950. The van der Waals surface area contributed by atoms with Crippen molar-refractivity contribution in [3.8, 4) is 0 Å². The molecule has 1 aromatic heterocycles. The van der Waals surface area contributed by atoms with Gasteiger partial charge in [-0.1, -0.05) is 0 Å². The Kier molecular flexibility index (Phi) is 4.11. The molecule has 2 heterocycles. The summed E-state index contributed by atoms with van der Waals surface area (Å²) in [7, 11) is 4.02. The van der Waals surface area contributed by atoms with Crippen molar-refractivity contribution >= 4 is 0 Å². The van der Waals surface area contributed by atoms with Crippen LogP contribution < -0.4 is 11.3 Å². The van der Waals surface area contributed by atoms with Crippen molar-refractivity contribution in [2.24, 2.45) is 12.9 Å². The topological polar surface area (TPSA) is 68.3 Å². The molecule has 0 spiro atoms. The normalized spacial score (nSPS) is 23.8. The summed E-state index contributed by atoms with van der Waals surface area (Å²) in [5.74, 6) is 5.63. The number of nitrogens with zero attached hydrogens (tertiary/aromatic N) is 3. The van der Waals surface area contributed by atoms with E-state index in [0.717, 1.165) is 26.1 Å². The van der Waals surface area contributed by atoms with Crippen LogP contribution in [0.4, 0.5) is 0 Å². The molecule has 96 valence electrons. The third-order valence-electron chi connectivity index (χ3n) is 3.17. The fourth-order valence-electron chi connectivity index (χ4n) is 2.18. The molecule has 0 aromatic carbocycles. The van der Waals surface area contributed by atoms with Gasteiger partial charge in [-0.2, -0.15) is 5.10 Å². The Balaban J connectivity index is 1.95. The summed E-state index contributed by atoms with van der Waals surface area (Å²) in [6.07, 6.45) is 4.86. The summed E-state index contributed by atoms with van der Waals surface area (Å²) >= 11 is 0. The largest absolute Gasteiger partial charge is 0.374 e. The zero-order chi connectivity index (χ0) is 12.3. The van der Waals surface area contributed by atoms with Crippen LogP contribution >= 0.6 is 0 Å². The van der Waals surface area contributed by atoms with Crippen molar-refractivity contribution in [2.75, 3.05) is 26.7 Å². The van der Waals surface area contributed by atoms with Gasteiger partial charge in [-0.3, -0.25) is 16.0 Å². The summed E-state index contributed by atoms with van der Waals surface area (Å²) in [5.41, 5.74) is 4.03. The number of nitrogens with one attached hydrogen (secondary N) is 1. The van der Waals surface area contributed by atoms with E-state index in [9.17, 15) is 0 Å². The second-order valence-corrected chi connectivity index (χ2v) is 4.67. The van der Waals surface area contributed by atoms with Crippen molar-refractivity contribution in [3.63, 3.8) is 0 Å². The van der Waals surface area contributed by atoms with Gasteiger partial charge in [-0.25, -0.2) is 0 Å². The van der Waals surface area contributed by atoms with Crippen LogP contribution in [-0.2, 0) is 18.2 Å². The molecule has 1 aliphatic heterocycles. The van der Waals surface area contributed by atoms with E-state index < -0.39 is 0 Å². The van der Waals surface area contributed by atoms with Gasteiger partial charge in [-0.05, 0) is 19.0 Å². The lowest BCUT2D eigenvalue weighted by molar-refractivity contribution is -0.0384. The molecule has 6 nitrogen and oxygen atoms in total. The Morgan fingerprint density at radius 1 is 1.65 bits per heavy atom. The zero-order valence-corrected chi connectivity index (χ0v) is 10.5. The van der Waals surface area contributed by atoms with Gasteiger partial charge in [0.05, 0.1) is 24.9 Å². The quantitative estimate of drug-likeness (QED) is 0.528. The average Bonchev–Trinajstić information content (AvgIpc) is 2.72. The van der Waals surface area contributed by atoms with Crippen molar-refractivity contribution in [3.05, 3.63) is 18.0 Å². The van der Waals surface area contributed by atoms with Crippen LogP contribution in [-0.4, -0.2) is 53.6 Å². The van der Waals surface area contributed by atoms with E-state index in [4.69, 9.17) is 10.6 Å². The molecule has 0 radical (unpaired) electrons. The van der Waals surface area contributed by atoms with Gasteiger partial charge in [0.2, 0.25) is 0 Å². The van der Waals surface area contributed by atoms with E-state index in [0.29, 0.717) is 0 Å². The van der Waals surface area contributed by atoms with Crippen LogP contribution in [0, 0.1) is 0 Å². The number of likely N-dealkylation sites (N-methyl/N-ethyl adjacent to an activating group) is 1. The van der Waals surface area contributed by atoms with Gasteiger partial charge in [0.25, 0.3) is 0 Å². The SMILES string of the molecule is CN1CCOC(C(Cc2cnn(C)c2)NN)C1. The van der Waals surface area contributed by atoms with Crippen molar-refractivity contribution in [1.29, 1.82) is 0 Å². The smallest absolute Gasteiger partial charge is 0.0871 e. The fourth-order valence-corrected chi connectivity index (χ4v) is 2.18. The lowest BCUT2D eigenvalue weighted by atomic mass is 10.0. The molecule has 2 rings (SSSR count). The highest BCUT2D eigenvalue weighted by molar-refractivity contribution is 5.07. The number of hydrogen-bond donors (Lipinski definition) is 2. The van der Waals surface area contributed by atoms with Crippen LogP contribution in [0.15, 0.2) is 12.4 Å². The number of hydrogen-bond acceptors (Lipinski definition) is 5. The van der Waals surface area contributed by atoms with Crippen LogP contribution in [0.25, 0.3) is 0 Å². The first-order chi connectivity index (χ1) is 8.19. The molecular weight excluding hydrogens is 218 g/mol. The number of hydrazine groups is 1. The Morgan fingerprint density at radius 3 is 3.06 bits per heavy atom. The third-order valence-corrected chi connectivity index (χ3v) is 3.17. The Morgan fingerprint density at radius 2 is 2.47 bits per heavy atom. The summed E-state index contributed by atoms with van der Waals surface area (Å²) in [5, 5.41) is 4.16. The van der Waals surface area contributed by atoms with Gasteiger partial charge in [0.1, 0.15) is 0 Å². The molecule has 1 aromatic rings. The molecule has 0 bridgehead atoms. The van der Waals surface area contributed by atoms with Gasteiger partial charge in [0.15, 0.2) is 0 Å². The first kappa shape index (κ1) is 12.5. The standard InChI is InChI=1S/C11H21N5O/c1-15-3-4-17-11(8-15)10(14-12)5-9-6-13-16(2)7-9/h6-7,10-11,14H,3-5,8,12H2,1-2H3. The molecule has 0 amide bonds. The fraction of sp³-hybridized carbons (Fsp3) is 0.727. The number of ether oxygens (including phenoxy) is 1. The molecule has 2 atom stereocenters. The first-order valence-corrected chi connectivity index (χ1v) is 5.93. The highest BCUT2D eigenvalue weighted by Gasteiger charge is 2.26. The monoisotopic (exact) mass is 239 g/mol. The highest BCUT2D eigenvalue weighted by atomic mass is 16.5. The van der Waals surface area contributed by atoms with E-state index in [1.165, 1.54) is 5.56 Å². The minimum atomic E-state index is 0.127. The molecule has 1 saturated heterocycles. The first-order valence-electron chi connectivity index (χ1n) is 5.93.